The topological polar surface area (TPSA) is 71.7 Å². The summed E-state index contributed by atoms with van der Waals surface area (Å²) in [6, 6.07) is 4.54. The van der Waals surface area contributed by atoms with E-state index in [1.54, 1.807) is 12.3 Å². The summed E-state index contributed by atoms with van der Waals surface area (Å²) in [4.78, 5) is 20.4. The Bertz CT molecular complexity index is 616. The SMILES string of the molecule is NC(=O)c1ccc(CN2CCC(OC3CCN(C4CCC4)CC3)CC2)cn1. The molecule has 1 aromatic heterocycles. The van der Waals surface area contributed by atoms with E-state index >= 15 is 0 Å². The first-order valence-electron chi connectivity index (χ1n) is 10.5. The highest BCUT2D eigenvalue weighted by Gasteiger charge is 2.30. The first-order chi connectivity index (χ1) is 13.2. The standard InChI is InChI=1S/C21H32N4O2/c22-21(26)20-5-4-16(14-23-20)15-24-10-6-18(7-11-24)27-19-8-12-25(13-9-19)17-2-1-3-17/h4-5,14,17-19H,1-3,6-13,15H2,(H2,22,26). The zero-order valence-corrected chi connectivity index (χ0v) is 16.2. The van der Waals surface area contributed by atoms with Gasteiger partial charge in [-0.3, -0.25) is 14.7 Å². The molecule has 0 radical (unpaired) electrons. The van der Waals surface area contributed by atoms with Crippen molar-refractivity contribution in [2.45, 2.75) is 69.7 Å². The summed E-state index contributed by atoms with van der Waals surface area (Å²) in [7, 11) is 0. The van der Waals surface area contributed by atoms with Crippen molar-refractivity contribution in [2.75, 3.05) is 26.2 Å². The number of nitrogens with two attached hydrogens (primary N) is 1. The molecule has 0 spiro atoms. The number of ether oxygens (including phenoxy) is 1. The zero-order chi connectivity index (χ0) is 18.6. The average Bonchev–Trinajstić information content (AvgIpc) is 2.64. The van der Waals surface area contributed by atoms with E-state index in [0.29, 0.717) is 17.9 Å². The molecule has 2 aliphatic heterocycles. The van der Waals surface area contributed by atoms with E-state index < -0.39 is 5.91 Å². The van der Waals surface area contributed by atoms with Crippen LogP contribution in [0.3, 0.4) is 0 Å². The molecule has 1 aliphatic carbocycles. The van der Waals surface area contributed by atoms with Crippen LogP contribution >= 0.6 is 0 Å². The van der Waals surface area contributed by atoms with Gasteiger partial charge in [0, 0.05) is 45.0 Å². The summed E-state index contributed by atoms with van der Waals surface area (Å²) in [5.41, 5.74) is 6.70. The molecular formula is C21H32N4O2. The fraction of sp³-hybridized carbons (Fsp3) is 0.714. The number of pyridine rings is 1. The first kappa shape index (κ1) is 18.8. The summed E-state index contributed by atoms with van der Waals surface area (Å²) in [5.74, 6) is -0.474. The van der Waals surface area contributed by atoms with Crippen LogP contribution < -0.4 is 5.73 Å². The number of likely N-dealkylation sites (tertiary alicyclic amines) is 2. The summed E-state index contributed by atoms with van der Waals surface area (Å²) in [6.07, 6.45) is 11.5. The van der Waals surface area contributed by atoms with E-state index in [2.05, 4.69) is 14.8 Å². The van der Waals surface area contributed by atoms with Gasteiger partial charge in [0.15, 0.2) is 0 Å². The predicted octanol–water partition coefficient (Wildman–Crippen LogP) is 2.18. The number of primary amides is 1. The second kappa shape index (κ2) is 8.67. The van der Waals surface area contributed by atoms with Crippen molar-refractivity contribution in [3.8, 4) is 0 Å². The van der Waals surface area contributed by atoms with Crippen LogP contribution in [0.2, 0.25) is 0 Å². The lowest BCUT2D eigenvalue weighted by molar-refractivity contribution is -0.0726. The van der Waals surface area contributed by atoms with Gasteiger partial charge in [0.05, 0.1) is 12.2 Å². The number of rotatable bonds is 6. The van der Waals surface area contributed by atoms with Crippen molar-refractivity contribution in [3.05, 3.63) is 29.6 Å². The minimum atomic E-state index is -0.474. The number of piperidine rings is 2. The Hall–Kier alpha value is -1.50. The Balaban J connectivity index is 1.16. The third-order valence-corrected chi connectivity index (χ3v) is 6.47. The van der Waals surface area contributed by atoms with E-state index in [1.807, 2.05) is 6.07 Å². The molecule has 0 bridgehead atoms. The molecule has 3 aliphatic rings. The number of aromatic nitrogens is 1. The van der Waals surface area contributed by atoms with Crippen LogP contribution in [0.1, 0.15) is 61.0 Å². The molecule has 0 aromatic carbocycles. The monoisotopic (exact) mass is 372 g/mol. The highest BCUT2D eigenvalue weighted by atomic mass is 16.5. The lowest BCUT2D eigenvalue weighted by atomic mass is 9.89. The van der Waals surface area contributed by atoms with Gasteiger partial charge in [-0.25, -0.2) is 0 Å². The molecule has 148 valence electrons. The van der Waals surface area contributed by atoms with Crippen molar-refractivity contribution in [1.82, 2.24) is 14.8 Å². The molecule has 6 heteroatoms. The Morgan fingerprint density at radius 1 is 1.04 bits per heavy atom. The van der Waals surface area contributed by atoms with Gasteiger partial charge in [0.2, 0.25) is 0 Å². The number of nitrogens with zero attached hydrogens (tertiary/aromatic N) is 3. The highest BCUT2D eigenvalue weighted by molar-refractivity contribution is 5.90. The van der Waals surface area contributed by atoms with Gasteiger partial charge in [-0.05, 0) is 50.2 Å². The minimum Gasteiger partial charge on any atom is -0.375 e. The molecule has 2 N–H and O–H groups in total. The van der Waals surface area contributed by atoms with Crippen molar-refractivity contribution in [2.24, 2.45) is 5.73 Å². The maximum atomic E-state index is 11.1. The fourth-order valence-electron chi connectivity index (χ4n) is 4.53. The van der Waals surface area contributed by atoms with E-state index in [9.17, 15) is 4.79 Å². The smallest absolute Gasteiger partial charge is 0.267 e. The Morgan fingerprint density at radius 2 is 1.70 bits per heavy atom. The Morgan fingerprint density at radius 3 is 2.22 bits per heavy atom. The molecule has 1 amide bonds. The number of carbonyl (C=O) groups excluding carboxylic acids is 1. The van der Waals surface area contributed by atoms with Crippen molar-refractivity contribution >= 4 is 5.91 Å². The van der Waals surface area contributed by atoms with Gasteiger partial charge in [0.25, 0.3) is 5.91 Å². The summed E-state index contributed by atoms with van der Waals surface area (Å²) < 4.78 is 6.44. The summed E-state index contributed by atoms with van der Waals surface area (Å²) in [6.45, 7) is 5.44. The van der Waals surface area contributed by atoms with Crippen LogP contribution in [0.25, 0.3) is 0 Å². The molecule has 6 nitrogen and oxygen atoms in total. The van der Waals surface area contributed by atoms with Crippen LogP contribution in [0.5, 0.6) is 0 Å². The maximum absolute atomic E-state index is 11.1. The molecule has 0 atom stereocenters. The molecular weight excluding hydrogens is 340 g/mol. The third-order valence-electron chi connectivity index (χ3n) is 6.47. The largest absolute Gasteiger partial charge is 0.375 e. The van der Waals surface area contributed by atoms with Gasteiger partial charge in [-0.15, -0.1) is 0 Å². The lowest BCUT2D eigenvalue weighted by Crippen LogP contribution is -2.47. The molecule has 3 fully saturated rings. The van der Waals surface area contributed by atoms with Crippen LogP contribution in [0, 0.1) is 0 Å². The highest BCUT2D eigenvalue weighted by Crippen LogP contribution is 2.29. The minimum absolute atomic E-state index is 0.328. The van der Waals surface area contributed by atoms with Crippen LogP contribution in [0.4, 0.5) is 0 Å². The predicted molar refractivity (Wildman–Crippen MR) is 104 cm³/mol. The second-order valence-corrected chi connectivity index (χ2v) is 8.35. The lowest BCUT2D eigenvalue weighted by Gasteiger charge is -2.42. The van der Waals surface area contributed by atoms with Crippen molar-refractivity contribution < 1.29 is 9.53 Å². The number of carbonyl (C=O) groups is 1. The van der Waals surface area contributed by atoms with Gasteiger partial charge in [0.1, 0.15) is 5.69 Å². The third kappa shape index (κ3) is 4.86. The molecule has 4 rings (SSSR count). The van der Waals surface area contributed by atoms with Crippen LogP contribution in [0.15, 0.2) is 18.3 Å². The quantitative estimate of drug-likeness (QED) is 0.829. The van der Waals surface area contributed by atoms with Gasteiger partial charge in [-0.1, -0.05) is 12.5 Å². The fourth-order valence-corrected chi connectivity index (χ4v) is 4.53. The van der Waals surface area contributed by atoms with Crippen molar-refractivity contribution in [3.63, 3.8) is 0 Å². The van der Waals surface area contributed by atoms with E-state index in [4.69, 9.17) is 10.5 Å². The zero-order valence-electron chi connectivity index (χ0n) is 16.2. The first-order valence-corrected chi connectivity index (χ1v) is 10.5. The van der Waals surface area contributed by atoms with E-state index in [0.717, 1.165) is 44.1 Å². The van der Waals surface area contributed by atoms with Gasteiger partial charge >= 0.3 is 0 Å². The number of hydrogen-bond donors (Lipinski definition) is 1. The Labute approximate surface area is 162 Å². The van der Waals surface area contributed by atoms with Gasteiger partial charge in [-0.2, -0.15) is 0 Å². The normalized spacial score (nSPS) is 24.0. The molecule has 3 heterocycles. The van der Waals surface area contributed by atoms with Gasteiger partial charge < -0.3 is 15.4 Å². The molecule has 2 saturated heterocycles. The molecule has 1 aromatic rings. The average molecular weight is 373 g/mol. The van der Waals surface area contributed by atoms with E-state index in [-0.39, 0.29) is 0 Å². The molecule has 1 saturated carbocycles. The Kier molecular flexibility index (Phi) is 6.05. The molecule has 0 unspecified atom stereocenters. The number of amides is 1. The van der Waals surface area contributed by atoms with Crippen molar-refractivity contribution in [1.29, 1.82) is 0 Å². The number of hydrogen-bond acceptors (Lipinski definition) is 5. The maximum Gasteiger partial charge on any atom is 0.267 e. The van der Waals surface area contributed by atoms with E-state index in [1.165, 1.54) is 45.2 Å². The summed E-state index contributed by atoms with van der Waals surface area (Å²) in [5, 5.41) is 0. The van der Waals surface area contributed by atoms with Crippen LogP contribution in [-0.2, 0) is 11.3 Å². The van der Waals surface area contributed by atoms with Crippen LogP contribution in [-0.4, -0.2) is 65.1 Å². The summed E-state index contributed by atoms with van der Waals surface area (Å²) >= 11 is 0. The molecule has 27 heavy (non-hydrogen) atoms. The second-order valence-electron chi connectivity index (χ2n) is 8.35.